The van der Waals surface area contributed by atoms with E-state index in [-0.39, 0.29) is 18.7 Å². The lowest BCUT2D eigenvalue weighted by Crippen LogP contribution is -2.51. The third-order valence-electron chi connectivity index (χ3n) is 4.77. The highest BCUT2D eigenvalue weighted by Crippen LogP contribution is 2.43. The predicted molar refractivity (Wildman–Crippen MR) is 79.9 cm³/mol. The molecule has 0 spiro atoms. The molecule has 0 bridgehead atoms. The van der Waals surface area contributed by atoms with Crippen molar-refractivity contribution >= 4 is 11.7 Å². The van der Waals surface area contributed by atoms with E-state index in [1.165, 1.54) is 0 Å². The van der Waals surface area contributed by atoms with Crippen LogP contribution in [0.5, 0.6) is 0 Å². The summed E-state index contributed by atoms with van der Waals surface area (Å²) in [5.41, 5.74) is 0. The number of likely N-dealkylation sites (tertiary alicyclic amines) is 1. The van der Waals surface area contributed by atoms with Gasteiger partial charge in [-0.05, 0) is 25.0 Å². The summed E-state index contributed by atoms with van der Waals surface area (Å²) < 4.78 is 25.8. The molecule has 0 unspecified atom stereocenters. The maximum Gasteiger partial charge on any atom is 0.249 e. The maximum atomic E-state index is 12.9. The number of anilines is 1. The van der Waals surface area contributed by atoms with E-state index in [1.807, 2.05) is 25.2 Å². The molecular weight excluding hydrogens is 288 g/mol. The van der Waals surface area contributed by atoms with Gasteiger partial charge in [0.2, 0.25) is 11.8 Å². The van der Waals surface area contributed by atoms with Crippen LogP contribution in [0.4, 0.5) is 14.6 Å². The Bertz CT molecular complexity index is 521. The molecule has 0 N–H and O–H groups in total. The van der Waals surface area contributed by atoms with Crippen LogP contribution in [0.2, 0.25) is 0 Å². The number of pyridine rings is 1. The SMILES string of the molecule is CN(c1ccccn1)C1CCN(C(=O)C2CC(F)(F)C2)CC1. The summed E-state index contributed by atoms with van der Waals surface area (Å²) in [6.07, 6.45) is 2.91. The number of halogens is 2. The minimum absolute atomic E-state index is 0.0927. The van der Waals surface area contributed by atoms with E-state index in [0.29, 0.717) is 19.1 Å². The van der Waals surface area contributed by atoms with Gasteiger partial charge in [-0.15, -0.1) is 0 Å². The average Bonchev–Trinajstić information content (AvgIpc) is 2.52. The van der Waals surface area contributed by atoms with Gasteiger partial charge in [0, 0.05) is 51.1 Å². The second-order valence-electron chi connectivity index (χ2n) is 6.32. The zero-order valence-corrected chi connectivity index (χ0v) is 12.7. The van der Waals surface area contributed by atoms with Crippen molar-refractivity contribution < 1.29 is 13.6 Å². The van der Waals surface area contributed by atoms with Crippen molar-refractivity contribution in [3.05, 3.63) is 24.4 Å². The van der Waals surface area contributed by atoms with E-state index < -0.39 is 11.8 Å². The molecule has 1 amide bonds. The molecule has 2 fully saturated rings. The monoisotopic (exact) mass is 309 g/mol. The quantitative estimate of drug-likeness (QED) is 0.861. The zero-order valence-electron chi connectivity index (χ0n) is 12.7. The normalized spacial score (nSPS) is 22.2. The van der Waals surface area contributed by atoms with Crippen LogP contribution in [0, 0.1) is 5.92 Å². The van der Waals surface area contributed by atoms with Crippen molar-refractivity contribution in [3.8, 4) is 0 Å². The lowest BCUT2D eigenvalue weighted by molar-refractivity contribution is -0.160. The van der Waals surface area contributed by atoms with Gasteiger partial charge < -0.3 is 9.80 Å². The molecule has 120 valence electrons. The van der Waals surface area contributed by atoms with Crippen molar-refractivity contribution in [1.29, 1.82) is 0 Å². The summed E-state index contributed by atoms with van der Waals surface area (Å²) in [4.78, 5) is 20.4. The van der Waals surface area contributed by atoms with Crippen LogP contribution in [-0.4, -0.2) is 47.9 Å². The number of carbonyl (C=O) groups excluding carboxylic acids is 1. The number of piperidine rings is 1. The summed E-state index contributed by atoms with van der Waals surface area (Å²) in [7, 11) is 2.01. The standard InChI is InChI=1S/C16H21F2N3O/c1-20(14-4-2-3-7-19-14)13-5-8-21(9-6-13)15(22)12-10-16(17,18)11-12/h2-4,7,12-13H,5-6,8-11H2,1H3. The van der Waals surface area contributed by atoms with Crippen molar-refractivity contribution in [3.63, 3.8) is 0 Å². The summed E-state index contributed by atoms with van der Waals surface area (Å²) in [6, 6.07) is 6.14. The van der Waals surface area contributed by atoms with Crippen LogP contribution in [0.15, 0.2) is 24.4 Å². The van der Waals surface area contributed by atoms with Gasteiger partial charge in [0.15, 0.2) is 0 Å². The third-order valence-corrected chi connectivity index (χ3v) is 4.77. The van der Waals surface area contributed by atoms with Crippen LogP contribution in [-0.2, 0) is 4.79 Å². The number of nitrogens with zero attached hydrogens (tertiary/aromatic N) is 3. The highest BCUT2D eigenvalue weighted by molar-refractivity contribution is 5.80. The molecule has 4 nitrogen and oxygen atoms in total. The largest absolute Gasteiger partial charge is 0.357 e. The van der Waals surface area contributed by atoms with Gasteiger partial charge in [0.25, 0.3) is 0 Å². The molecule has 1 saturated heterocycles. The number of rotatable bonds is 3. The van der Waals surface area contributed by atoms with Crippen LogP contribution < -0.4 is 4.90 Å². The molecule has 1 aliphatic carbocycles. The second-order valence-corrected chi connectivity index (χ2v) is 6.32. The molecule has 3 rings (SSSR count). The first kappa shape index (κ1) is 15.2. The summed E-state index contributed by atoms with van der Waals surface area (Å²) in [6.45, 7) is 1.28. The van der Waals surface area contributed by atoms with Gasteiger partial charge in [0.1, 0.15) is 5.82 Å². The molecule has 0 radical (unpaired) electrons. The smallest absolute Gasteiger partial charge is 0.249 e. The highest BCUT2D eigenvalue weighted by Gasteiger charge is 2.50. The summed E-state index contributed by atoms with van der Waals surface area (Å²) in [5, 5.41) is 0. The Labute approximate surface area is 129 Å². The van der Waals surface area contributed by atoms with E-state index in [1.54, 1.807) is 11.1 Å². The molecule has 1 saturated carbocycles. The molecular formula is C16H21F2N3O. The first-order valence-corrected chi connectivity index (χ1v) is 7.77. The molecule has 1 aromatic rings. The summed E-state index contributed by atoms with van der Waals surface area (Å²) in [5.74, 6) is -2.27. The Morgan fingerprint density at radius 2 is 2.00 bits per heavy atom. The zero-order chi connectivity index (χ0) is 15.7. The van der Waals surface area contributed by atoms with E-state index in [0.717, 1.165) is 18.7 Å². The Morgan fingerprint density at radius 1 is 1.32 bits per heavy atom. The van der Waals surface area contributed by atoms with E-state index in [9.17, 15) is 13.6 Å². The number of carbonyl (C=O) groups is 1. The molecule has 1 aliphatic heterocycles. The number of alkyl halides is 2. The topological polar surface area (TPSA) is 36.4 Å². The van der Waals surface area contributed by atoms with Gasteiger partial charge in [-0.25, -0.2) is 13.8 Å². The number of hydrogen-bond acceptors (Lipinski definition) is 3. The van der Waals surface area contributed by atoms with E-state index in [4.69, 9.17) is 0 Å². The van der Waals surface area contributed by atoms with Gasteiger partial charge in [-0.3, -0.25) is 4.79 Å². The van der Waals surface area contributed by atoms with Gasteiger partial charge >= 0.3 is 0 Å². The van der Waals surface area contributed by atoms with Crippen molar-refractivity contribution in [2.75, 3.05) is 25.0 Å². The number of hydrogen-bond donors (Lipinski definition) is 0. The minimum Gasteiger partial charge on any atom is -0.357 e. The fourth-order valence-corrected chi connectivity index (χ4v) is 3.32. The van der Waals surface area contributed by atoms with Crippen LogP contribution in [0.25, 0.3) is 0 Å². The minimum atomic E-state index is -2.63. The van der Waals surface area contributed by atoms with Crippen LogP contribution in [0.3, 0.4) is 0 Å². The molecule has 0 atom stereocenters. The van der Waals surface area contributed by atoms with Crippen molar-refractivity contribution in [1.82, 2.24) is 9.88 Å². The van der Waals surface area contributed by atoms with E-state index in [2.05, 4.69) is 9.88 Å². The second kappa shape index (κ2) is 5.82. The van der Waals surface area contributed by atoms with Crippen LogP contribution in [0.1, 0.15) is 25.7 Å². The van der Waals surface area contributed by atoms with Gasteiger partial charge in [-0.2, -0.15) is 0 Å². The van der Waals surface area contributed by atoms with Gasteiger partial charge in [0.05, 0.1) is 0 Å². The fourth-order valence-electron chi connectivity index (χ4n) is 3.32. The lowest BCUT2D eigenvalue weighted by atomic mass is 9.80. The molecule has 6 heteroatoms. The Hall–Kier alpha value is -1.72. The van der Waals surface area contributed by atoms with Crippen LogP contribution >= 0.6 is 0 Å². The van der Waals surface area contributed by atoms with Crippen molar-refractivity contribution in [2.45, 2.75) is 37.6 Å². The molecule has 2 heterocycles. The van der Waals surface area contributed by atoms with Crippen molar-refractivity contribution in [2.24, 2.45) is 5.92 Å². The molecule has 0 aromatic carbocycles. The molecule has 1 aromatic heterocycles. The third kappa shape index (κ3) is 3.05. The summed E-state index contributed by atoms with van der Waals surface area (Å²) >= 11 is 0. The van der Waals surface area contributed by atoms with E-state index >= 15 is 0 Å². The number of aromatic nitrogens is 1. The maximum absolute atomic E-state index is 12.9. The van der Waals surface area contributed by atoms with Gasteiger partial charge in [-0.1, -0.05) is 6.07 Å². The molecule has 2 aliphatic rings. The number of amides is 1. The fraction of sp³-hybridized carbons (Fsp3) is 0.625. The highest BCUT2D eigenvalue weighted by atomic mass is 19.3. The first-order valence-electron chi connectivity index (χ1n) is 7.77. The molecule has 22 heavy (non-hydrogen) atoms. The Kier molecular flexibility index (Phi) is 4.02. The predicted octanol–water partition coefficient (Wildman–Crippen LogP) is 2.55. The average molecular weight is 309 g/mol. The first-order chi connectivity index (χ1) is 10.5. The Morgan fingerprint density at radius 3 is 2.55 bits per heavy atom. The Balaban J connectivity index is 1.51. The lowest BCUT2D eigenvalue weighted by Gasteiger charge is -2.41.